The Hall–Kier alpha value is -1.86. The van der Waals surface area contributed by atoms with Crippen molar-refractivity contribution >= 4 is 11.0 Å². The third-order valence-corrected chi connectivity index (χ3v) is 3.54. The first-order valence-corrected chi connectivity index (χ1v) is 6.25. The lowest BCUT2D eigenvalue weighted by molar-refractivity contribution is 0.109. The monoisotopic (exact) mass is 241 g/mol. The van der Waals surface area contributed by atoms with Gasteiger partial charge in [-0.3, -0.25) is 0 Å². The fraction of sp³-hybridized carbons (Fsp3) is 0.429. The highest BCUT2D eigenvalue weighted by atomic mass is 16.5. The van der Waals surface area contributed by atoms with E-state index in [1.807, 2.05) is 25.2 Å². The molecule has 0 amide bonds. The van der Waals surface area contributed by atoms with E-state index >= 15 is 0 Å². The van der Waals surface area contributed by atoms with Crippen molar-refractivity contribution in [3.8, 4) is 6.07 Å². The van der Waals surface area contributed by atoms with Gasteiger partial charge in [0.1, 0.15) is 5.82 Å². The molecule has 1 unspecified atom stereocenters. The minimum atomic E-state index is 0.302. The van der Waals surface area contributed by atoms with Crippen molar-refractivity contribution in [3.05, 3.63) is 29.6 Å². The van der Waals surface area contributed by atoms with Crippen LogP contribution in [0, 0.1) is 11.3 Å². The predicted octanol–water partition coefficient (Wildman–Crippen LogP) is 2.17. The molecule has 2 aromatic rings. The van der Waals surface area contributed by atoms with Crippen molar-refractivity contribution < 1.29 is 4.74 Å². The van der Waals surface area contributed by atoms with Gasteiger partial charge in [0.15, 0.2) is 0 Å². The lowest BCUT2D eigenvalue weighted by Crippen LogP contribution is -2.12. The summed E-state index contributed by atoms with van der Waals surface area (Å²) in [5.74, 6) is 1.03. The van der Waals surface area contributed by atoms with Crippen LogP contribution in [0.25, 0.3) is 11.0 Å². The fourth-order valence-corrected chi connectivity index (χ4v) is 2.50. The highest BCUT2D eigenvalue weighted by molar-refractivity contribution is 5.77. The SMILES string of the molecule is Cn1c(CC2CCCO2)nc2ccc(C#N)cc21. The smallest absolute Gasteiger partial charge is 0.112 e. The molecule has 1 aromatic heterocycles. The van der Waals surface area contributed by atoms with Crippen molar-refractivity contribution in [2.24, 2.45) is 7.05 Å². The molecule has 1 aliphatic rings. The highest BCUT2D eigenvalue weighted by Crippen LogP contribution is 2.21. The Bertz CT molecular complexity index is 618. The maximum atomic E-state index is 8.92. The topological polar surface area (TPSA) is 50.8 Å². The van der Waals surface area contributed by atoms with E-state index in [9.17, 15) is 0 Å². The molecule has 92 valence electrons. The van der Waals surface area contributed by atoms with Crippen LogP contribution < -0.4 is 0 Å². The van der Waals surface area contributed by atoms with Gasteiger partial charge in [-0.05, 0) is 31.0 Å². The van der Waals surface area contributed by atoms with Gasteiger partial charge in [0.25, 0.3) is 0 Å². The predicted molar refractivity (Wildman–Crippen MR) is 68.1 cm³/mol. The van der Waals surface area contributed by atoms with Crippen LogP contribution in [0.2, 0.25) is 0 Å². The lowest BCUT2D eigenvalue weighted by atomic mass is 10.2. The van der Waals surface area contributed by atoms with E-state index in [2.05, 4.69) is 15.6 Å². The molecular weight excluding hydrogens is 226 g/mol. The second-order valence-electron chi connectivity index (χ2n) is 4.74. The molecule has 1 aliphatic heterocycles. The lowest BCUT2D eigenvalue weighted by Gasteiger charge is -2.08. The van der Waals surface area contributed by atoms with Crippen LogP contribution >= 0.6 is 0 Å². The standard InChI is InChI=1S/C14H15N3O/c1-17-13-7-10(9-15)4-5-12(13)16-14(17)8-11-3-2-6-18-11/h4-5,7,11H,2-3,6,8H2,1H3. The molecule has 0 saturated carbocycles. The number of nitriles is 1. The zero-order chi connectivity index (χ0) is 12.5. The van der Waals surface area contributed by atoms with Crippen molar-refractivity contribution in [3.63, 3.8) is 0 Å². The van der Waals surface area contributed by atoms with Crippen molar-refractivity contribution in [1.82, 2.24) is 9.55 Å². The number of hydrogen-bond donors (Lipinski definition) is 0. The van der Waals surface area contributed by atoms with Gasteiger partial charge in [0.2, 0.25) is 0 Å². The van der Waals surface area contributed by atoms with Crippen molar-refractivity contribution in [2.75, 3.05) is 6.61 Å². The minimum Gasteiger partial charge on any atom is -0.378 e. The number of imidazole rings is 1. The quantitative estimate of drug-likeness (QED) is 0.809. The van der Waals surface area contributed by atoms with E-state index in [1.165, 1.54) is 0 Å². The summed E-state index contributed by atoms with van der Waals surface area (Å²) < 4.78 is 7.71. The molecule has 1 aromatic carbocycles. The van der Waals surface area contributed by atoms with Gasteiger partial charge in [-0.2, -0.15) is 5.26 Å². The third kappa shape index (κ3) is 1.87. The molecule has 2 heterocycles. The summed E-state index contributed by atoms with van der Waals surface area (Å²) in [7, 11) is 2.00. The largest absolute Gasteiger partial charge is 0.378 e. The maximum absolute atomic E-state index is 8.92. The second-order valence-corrected chi connectivity index (χ2v) is 4.74. The molecule has 0 aliphatic carbocycles. The average molecular weight is 241 g/mol. The summed E-state index contributed by atoms with van der Waals surface area (Å²) in [6, 6.07) is 7.77. The molecule has 0 radical (unpaired) electrons. The molecule has 1 saturated heterocycles. The molecule has 0 bridgehead atoms. The Kier molecular flexibility index (Phi) is 2.77. The molecule has 1 fully saturated rings. The maximum Gasteiger partial charge on any atom is 0.112 e. The summed E-state index contributed by atoms with van der Waals surface area (Å²) in [4.78, 5) is 4.62. The Morgan fingerprint density at radius 3 is 3.17 bits per heavy atom. The van der Waals surface area contributed by atoms with E-state index in [0.717, 1.165) is 42.7 Å². The first-order chi connectivity index (χ1) is 8.78. The van der Waals surface area contributed by atoms with Gasteiger partial charge < -0.3 is 9.30 Å². The van der Waals surface area contributed by atoms with Crippen molar-refractivity contribution in [1.29, 1.82) is 5.26 Å². The number of aryl methyl sites for hydroxylation is 1. The van der Waals surface area contributed by atoms with Gasteiger partial charge >= 0.3 is 0 Å². The Morgan fingerprint density at radius 2 is 2.44 bits per heavy atom. The van der Waals surface area contributed by atoms with Crippen LogP contribution in [0.3, 0.4) is 0 Å². The first kappa shape index (κ1) is 11.2. The van der Waals surface area contributed by atoms with E-state index < -0.39 is 0 Å². The first-order valence-electron chi connectivity index (χ1n) is 6.25. The summed E-state index contributed by atoms with van der Waals surface area (Å²) >= 11 is 0. The average Bonchev–Trinajstić information content (AvgIpc) is 2.99. The van der Waals surface area contributed by atoms with E-state index in [1.54, 1.807) is 0 Å². The molecule has 0 N–H and O–H groups in total. The van der Waals surface area contributed by atoms with Crippen LogP contribution in [0.5, 0.6) is 0 Å². The molecule has 4 heteroatoms. The fourth-order valence-electron chi connectivity index (χ4n) is 2.50. The highest BCUT2D eigenvalue weighted by Gasteiger charge is 2.19. The zero-order valence-corrected chi connectivity index (χ0v) is 10.4. The number of aromatic nitrogens is 2. The molecular formula is C14H15N3O. The van der Waals surface area contributed by atoms with Crippen LogP contribution in [0.15, 0.2) is 18.2 Å². The van der Waals surface area contributed by atoms with Gasteiger partial charge in [-0.1, -0.05) is 0 Å². The van der Waals surface area contributed by atoms with Crippen LogP contribution in [-0.2, 0) is 18.2 Å². The number of benzene rings is 1. The number of rotatable bonds is 2. The van der Waals surface area contributed by atoms with E-state index in [4.69, 9.17) is 10.00 Å². The van der Waals surface area contributed by atoms with Gasteiger partial charge in [-0.25, -0.2) is 4.98 Å². The normalized spacial score (nSPS) is 19.2. The Balaban J connectivity index is 1.97. The van der Waals surface area contributed by atoms with Crippen LogP contribution in [0.1, 0.15) is 24.2 Å². The summed E-state index contributed by atoms with van der Waals surface area (Å²) in [5.41, 5.74) is 2.64. The van der Waals surface area contributed by atoms with E-state index in [0.29, 0.717) is 11.7 Å². The number of fused-ring (bicyclic) bond motifs is 1. The molecule has 4 nitrogen and oxygen atoms in total. The summed E-state index contributed by atoms with van der Waals surface area (Å²) in [6.07, 6.45) is 3.42. The zero-order valence-electron chi connectivity index (χ0n) is 10.4. The summed E-state index contributed by atoms with van der Waals surface area (Å²) in [5, 5.41) is 8.92. The number of ether oxygens (including phenoxy) is 1. The molecule has 1 atom stereocenters. The Labute approximate surface area is 106 Å². The number of nitrogens with zero attached hydrogens (tertiary/aromatic N) is 3. The molecule has 18 heavy (non-hydrogen) atoms. The van der Waals surface area contributed by atoms with E-state index in [-0.39, 0.29) is 0 Å². The van der Waals surface area contributed by atoms with Gasteiger partial charge in [0, 0.05) is 20.1 Å². The summed E-state index contributed by atoms with van der Waals surface area (Å²) in [6.45, 7) is 0.868. The third-order valence-electron chi connectivity index (χ3n) is 3.54. The van der Waals surface area contributed by atoms with Crippen molar-refractivity contribution in [2.45, 2.75) is 25.4 Å². The molecule has 3 rings (SSSR count). The second kappa shape index (κ2) is 4.43. The van der Waals surface area contributed by atoms with Crippen LogP contribution in [-0.4, -0.2) is 22.3 Å². The van der Waals surface area contributed by atoms with Gasteiger partial charge in [0.05, 0.1) is 28.8 Å². The minimum absolute atomic E-state index is 0.302. The molecule has 0 spiro atoms. The Morgan fingerprint density at radius 1 is 1.56 bits per heavy atom. The number of hydrogen-bond acceptors (Lipinski definition) is 3. The van der Waals surface area contributed by atoms with Crippen LogP contribution in [0.4, 0.5) is 0 Å². The van der Waals surface area contributed by atoms with Gasteiger partial charge in [-0.15, -0.1) is 0 Å².